The standard InChI is InChI=1S/C10H13N5O3S/c1-11-5-7-4-8(6-12-7)19(17,18)15-9-2-3-10(16)14-13-9/h2-4,6,11-12H,5H2,1H3,(H,13,15)(H,14,16). The van der Waals surface area contributed by atoms with Crippen LogP contribution in [0.1, 0.15) is 5.69 Å². The highest BCUT2D eigenvalue weighted by atomic mass is 32.2. The summed E-state index contributed by atoms with van der Waals surface area (Å²) in [5, 5.41) is 8.64. The van der Waals surface area contributed by atoms with Crippen LogP contribution < -0.4 is 15.6 Å². The molecule has 2 heterocycles. The number of H-pyrrole nitrogens is 2. The summed E-state index contributed by atoms with van der Waals surface area (Å²) in [5.74, 6) is 0.0518. The number of nitrogens with one attached hydrogen (secondary N) is 4. The number of anilines is 1. The van der Waals surface area contributed by atoms with Crippen LogP contribution >= 0.6 is 0 Å². The third-order valence-electron chi connectivity index (χ3n) is 2.31. The SMILES string of the molecule is CNCc1cc(S(=O)(=O)Nc2ccc(=O)[nH]n2)c[nH]1. The van der Waals surface area contributed by atoms with Gasteiger partial charge in [0, 0.05) is 24.5 Å². The largest absolute Gasteiger partial charge is 0.363 e. The van der Waals surface area contributed by atoms with Gasteiger partial charge in [-0.3, -0.25) is 9.52 Å². The van der Waals surface area contributed by atoms with Crippen molar-refractivity contribution < 1.29 is 8.42 Å². The van der Waals surface area contributed by atoms with Crippen molar-refractivity contribution in [1.29, 1.82) is 0 Å². The summed E-state index contributed by atoms with van der Waals surface area (Å²) in [6.07, 6.45) is 1.39. The molecule has 2 rings (SSSR count). The predicted molar refractivity (Wildman–Crippen MR) is 69.2 cm³/mol. The van der Waals surface area contributed by atoms with Crippen LogP contribution in [0.5, 0.6) is 0 Å². The zero-order chi connectivity index (χ0) is 13.9. The average molecular weight is 283 g/mol. The maximum atomic E-state index is 12.0. The van der Waals surface area contributed by atoms with Gasteiger partial charge in [-0.2, -0.15) is 5.10 Å². The molecular weight excluding hydrogens is 270 g/mol. The number of sulfonamides is 1. The molecule has 102 valence electrons. The van der Waals surface area contributed by atoms with Crippen molar-refractivity contribution in [3.05, 3.63) is 40.4 Å². The number of hydrogen-bond donors (Lipinski definition) is 4. The van der Waals surface area contributed by atoms with Crippen LogP contribution in [0.2, 0.25) is 0 Å². The van der Waals surface area contributed by atoms with Crippen LogP contribution in [-0.4, -0.2) is 30.6 Å². The minimum atomic E-state index is -3.72. The number of aromatic amines is 2. The van der Waals surface area contributed by atoms with Gasteiger partial charge in [0.25, 0.3) is 15.6 Å². The zero-order valence-electron chi connectivity index (χ0n) is 10.1. The number of hydrogen-bond acceptors (Lipinski definition) is 5. The first-order valence-corrected chi connectivity index (χ1v) is 6.90. The van der Waals surface area contributed by atoms with Crippen molar-refractivity contribution in [2.45, 2.75) is 11.4 Å². The molecule has 0 spiro atoms. The molecule has 0 atom stereocenters. The first-order valence-electron chi connectivity index (χ1n) is 5.42. The van der Waals surface area contributed by atoms with E-state index < -0.39 is 15.6 Å². The van der Waals surface area contributed by atoms with E-state index in [0.29, 0.717) is 6.54 Å². The number of nitrogens with zero attached hydrogens (tertiary/aromatic N) is 1. The normalized spacial score (nSPS) is 11.4. The molecule has 0 aliphatic heterocycles. The molecule has 2 aromatic rings. The van der Waals surface area contributed by atoms with Gasteiger partial charge in [-0.1, -0.05) is 0 Å². The Bertz CT molecular complexity index is 698. The monoisotopic (exact) mass is 283 g/mol. The van der Waals surface area contributed by atoms with E-state index in [1.165, 1.54) is 24.4 Å². The Morgan fingerprint density at radius 2 is 2.16 bits per heavy atom. The van der Waals surface area contributed by atoms with Gasteiger partial charge in [-0.15, -0.1) is 0 Å². The quantitative estimate of drug-likeness (QED) is 0.596. The van der Waals surface area contributed by atoms with Gasteiger partial charge >= 0.3 is 0 Å². The Hall–Kier alpha value is -2.13. The molecule has 0 amide bonds. The lowest BCUT2D eigenvalue weighted by molar-refractivity contribution is 0.601. The van der Waals surface area contributed by atoms with Crippen molar-refractivity contribution in [3.63, 3.8) is 0 Å². The molecule has 0 aromatic carbocycles. The minimum Gasteiger partial charge on any atom is -0.363 e. The lowest BCUT2D eigenvalue weighted by Gasteiger charge is -2.03. The fraction of sp³-hybridized carbons (Fsp3) is 0.200. The molecule has 0 saturated heterocycles. The van der Waals surface area contributed by atoms with Gasteiger partial charge in [-0.05, 0) is 19.2 Å². The molecule has 8 nitrogen and oxygen atoms in total. The second-order valence-electron chi connectivity index (χ2n) is 3.80. The van der Waals surface area contributed by atoms with Gasteiger partial charge in [0.15, 0.2) is 5.82 Å². The van der Waals surface area contributed by atoms with Crippen LogP contribution in [0.3, 0.4) is 0 Å². The Kier molecular flexibility index (Phi) is 3.67. The third-order valence-corrected chi connectivity index (χ3v) is 3.65. The Morgan fingerprint density at radius 1 is 1.37 bits per heavy atom. The third kappa shape index (κ3) is 3.20. The highest BCUT2D eigenvalue weighted by Crippen LogP contribution is 2.14. The molecule has 9 heteroatoms. The van der Waals surface area contributed by atoms with E-state index in [9.17, 15) is 13.2 Å². The van der Waals surface area contributed by atoms with Crippen molar-refractivity contribution in [3.8, 4) is 0 Å². The van der Waals surface area contributed by atoms with Crippen molar-refractivity contribution >= 4 is 15.8 Å². The van der Waals surface area contributed by atoms with E-state index in [2.05, 4.69) is 25.2 Å². The number of aromatic nitrogens is 3. The Morgan fingerprint density at radius 3 is 2.79 bits per heavy atom. The van der Waals surface area contributed by atoms with Crippen LogP contribution in [0.25, 0.3) is 0 Å². The van der Waals surface area contributed by atoms with Crippen LogP contribution in [0.15, 0.2) is 34.1 Å². The predicted octanol–water partition coefficient (Wildman–Crippen LogP) is -0.382. The molecule has 19 heavy (non-hydrogen) atoms. The van der Waals surface area contributed by atoms with Crippen LogP contribution in [0, 0.1) is 0 Å². The van der Waals surface area contributed by atoms with Crippen molar-refractivity contribution in [1.82, 2.24) is 20.5 Å². The van der Waals surface area contributed by atoms with E-state index in [1.54, 1.807) is 7.05 Å². The molecule has 0 fully saturated rings. The van der Waals surface area contributed by atoms with E-state index >= 15 is 0 Å². The summed E-state index contributed by atoms with van der Waals surface area (Å²) < 4.78 is 26.3. The van der Waals surface area contributed by atoms with Crippen LogP contribution in [0.4, 0.5) is 5.82 Å². The molecule has 0 unspecified atom stereocenters. The molecule has 0 aliphatic rings. The summed E-state index contributed by atoms with van der Waals surface area (Å²) in [5.41, 5.74) is 0.346. The summed E-state index contributed by atoms with van der Waals surface area (Å²) in [4.78, 5) is 13.8. The Labute approximate surface area is 109 Å². The summed E-state index contributed by atoms with van der Waals surface area (Å²) in [6.45, 7) is 0.534. The summed E-state index contributed by atoms with van der Waals surface area (Å²) in [7, 11) is -1.96. The first kappa shape index (κ1) is 13.3. The summed E-state index contributed by atoms with van der Waals surface area (Å²) in [6, 6.07) is 4.00. The second-order valence-corrected chi connectivity index (χ2v) is 5.49. The topological polar surface area (TPSA) is 120 Å². The maximum Gasteiger partial charge on any atom is 0.264 e. The van der Waals surface area contributed by atoms with Gasteiger partial charge in [-0.25, -0.2) is 13.5 Å². The van der Waals surface area contributed by atoms with Gasteiger partial charge in [0.05, 0.1) is 0 Å². The molecule has 0 aliphatic carbocycles. The van der Waals surface area contributed by atoms with E-state index in [0.717, 1.165) is 5.69 Å². The lowest BCUT2D eigenvalue weighted by atomic mass is 10.4. The Balaban J connectivity index is 2.21. The molecule has 0 radical (unpaired) electrons. The highest BCUT2D eigenvalue weighted by Gasteiger charge is 2.16. The maximum absolute atomic E-state index is 12.0. The minimum absolute atomic E-state index is 0.0518. The van der Waals surface area contributed by atoms with Gasteiger partial charge in [0.1, 0.15) is 4.90 Å². The molecule has 4 N–H and O–H groups in total. The zero-order valence-corrected chi connectivity index (χ0v) is 10.9. The number of rotatable bonds is 5. The lowest BCUT2D eigenvalue weighted by Crippen LogP contribution is -2.16. The van der Waals surface area contributed by atoms with Crippen molar-refractivity contribution in [2.75, 3.05) is 11.8 Å². The fourth-order valence-electron chi connectivity index (χ4n) is 1.46. The smallest absolute Gasteiger partial charge is 0.264 e. The molecular formula is C10H13N5O3S. The van der Waals surface area contributed by atoms with E-state index in [-0.39, 0.29) is 10.7 Å². The fourth-order valence-corrected chi connectivity index (χ4v) is 2.48. The highest BCUT2D eigenvalue weighted by molar-refractivity contribution is 7.92. The van der Waals surface area contributed by atoms with E-state index in [1.807, 2.05) is 0 Å². The molecule has 0 saturated carbocycles. The average Bonchev–Trinajstić information content (AvgIpc) is 2.82. The van der Waals surface area contributed by atoms with E-state index in [4.69, 9.17) is 0 Å². The van der Waals surface area contributed by atoms with Gasteiger partial charge in [0.2, 0.25) is 0 Å². The second kappa shape index (κ2) is 5.24. The van der Waals surface area contributed by atoms with Gasteiger partial charge < -0.3 is 10.3 Å². The molecule has 2 aromatic heterocycles. The summed E-state index contributed by atoms with van der Waals surface area (Å²) >= 11 is 0. The van der Waals surface area contributed by atoms with Crippen molar-refractivity contribution in [2.24, 2.45) is 0 Å². The molecule has 0 bridgehead atoms. The van der Waals surface area contributed by atoms with Crippen LogP contribution in [-0.2, 0) is 16.6 Å². The first-order chi connectivity index (χ1) is 9.01.